The third-order valence-corrected chi connectivity index (χ3v) is 4.94. The Hall–Kier alpha value is -1.27. The van der Waals surface area contributed by atoms with Crippen LogP contribution in [0.4, 0.5) is 4.39 Å². The van der Waals surface area contributed by atoms with Gasteiger partial charge in [-0.05, 0) is 25.2 Å². The number of rotatable bonds is 5. The summed E-state index contributed by atoms with van der Waals surface area (Å²) in [6.07, 6.45) is 5.73. The monoisotopic (exact) mass is 297 g/mol. The molecule has 2 rings (SSSR count). The normalized spacial score (nSPS) is 23.2. The summed E-state index contributed by atoms with van der Waals surface area (Å²) >= 11 is 1.87. The number of hydrogen-bond donors (Lipinski definition) is 3. The van der Waals surface area contributed by atoms with Crippen LogP contribution in [0.3, 0.4) is 0 Å². The van der Waals surface area contributed by atoms with Crippen molar-refractivity contribution in [3.63, 3.8) is 0 Å². The number of nitrogens with zero attached hydrogens (tertiary/aromatic N) is 1. The van der Waals surface area contributed by atoms with Crippen LogP contribution in [0.15, 0.2) is 23.4 Å². The van der Waals surface area contributed by atoms with Gasteiger partial charge in [-0.15, -0.1) is 0 Å². The van der Waals surface area contributed by atoms with Gasteiger partial charge in [0.2, 0.25) is 0 Å². The van der Waals surface area contributed by atoms with Crippen LogP contribution in [-0.2, 0) is 6.54 Å². The highest BCUT2D eigenvalue weighted by atomic mass is 32.2. The first-order chi connectivity index (χ1) is 9.65. The van der Waals surface area contributed by atoms with E-state index in [0.717, 1.165) is 6.42 Å². The quantitative estimate of drug-likeness (QED) is 0.337. The van der Waals surface area contributed by atoms with Crippen LogP contribution >= 0.6 is 11.8 Å². The first-order valence-corrected chi connectivity index (χ1v) is 7.97. The number of nitrogens with one attached hydrogen (secondary N) is 1. The molecule has 0 radical (unpaired) electrons. The van der Waals surface area contributed by atoms with Crippen molar-refractivity contribution in [3.8, 4) is 0 Å². The van der Waals surface area contributed by atoms with Gasteiger partial charge in [-0.25, -0.2) is 4.39 Å². The Morgan fingerprint density at radius 1 is 1.55 bits per heavy atom. The molecule has 0 saturated heterocycles. The lowest BCUT2D eigenvalue weighted by Crippen LogP contribution is -2.33. The van der Waals surface area contributed by atoms with Crippen molar-refractivity contribution in [2.24, 2.45) is 10.9 Å². The maximum atomic E-state index is 14.0. The molecule has 110 valence electrons. The highest BCUT2D eigenvalue weighted by Crippen LogP contribution is 2.28. The Morgan fingerprint density at radius 2 is 2.35 bits per heavy atom. The smallest absolute Gasteiger partial charge is 0.170 e. The van der Waals surface area contributed by atoms with Crippen molar-refractivity contribution in [1.29, 1.82) is 0 Å². The van der Waals surface area contributed by atoms with E-state index in [1.54, 1.807) is 12.1 Å². The third kappa shape index (κ3) is 3.43. The average Bonchev–Trinajstić information content (AvgIpc) is 2.92. The van der Waals surface area contributed by atoms with Gasteiger partial charge in [0.05, 0.1) is 0 Å². The first kappa shape index (κ1) is 15.1. The minimum atomic E-state index is -0.333. The fourth-order valence-electron chi connectivity index (χ4n) is 2.59. The lowest BCUT2D eigenvalue weighted by atomic mass is 10.1. The Balaban J connectivity index is 2.00. The van der Waals surface area contributed by atoms with Gasteiger partial charge in [0.15, 0.2) is 5.84 Å². The predicted molar refractivity (Wildman–Crippen MR) is 80.7 cm³/mol. The van der Waals surface area contributed by atoms with Crippen molar-refractivity contribution in [2.75, 3.05) is 6.26 Å². The summed E-state index contributed by atoms with van der Waals surface area (Å²) in [6.45, 7) is 0.504. The topological polar surface area (TPSA) is 70.6 Å². The summed E-state index contributed by atoms with van der Waals surface area (Å²) < 4.78 is 14.0. The van der Waals surface area contributed by atoms with Crippen molar-refractivity contribution in [2.45, 2.75) is 37.1 Å². The minimum Gasteiger partial charge on any atom is -0.409 e. The van der Waals surface area contributed by atoms with Crippen LogP contribution in [0.5, 0.6) is 0 Å². The summed E-state index contributed by atoms with van der Waals surface area (Å²) in [5.41, 5.74) is 6.43. The number of nitrogens with two attached hydrogens (primary N) is 1. The molecule has 1 aromatic rings. The van der Waals surface area contributed by atoms with Crippen LogP contribution in [0.2, 0.25) is 0 Å². The molecule has 2 atom stereocenters. The minimum absolute atomic E-state index is 0.0818. The van der Waals surface area contributed by atoms with Crippen molar-refractivity contribution < 1.29 is 9.60 Å². The molecular formula is C14H20FN3OS. The molecule has 1 saturated carbocycles. The number of amidine groups is 1. The molecule has 1 aromatic carbocycles. The van der Waals surface area contributed by atoms with Gasteiger partial charge in [0, 0.05) is 29.0 Å². The number of thioether (sulfide) groups is 1. The lowest BCUT2D eigenvalue weighted by Gasteiger charge is -2.19. The van der Waals surface area contributed by atoms with Crippen LogP contribution in [0.1, 0.15) is 30.4 Å². The largest absolute Gasteiger partial charge is 0.409 e. The molecule has 2 unspecified atom stereocenters. The maximum Gasteiger partial charge on any atom is 0.170 e. The Labute approximate surface area is 122 Å². The number of benzene rings is 1. The first-order valence-electron chi connectivity index (χ1n) is 6.68. The highest BCUT2D eigenvalue weighted by Gasteiger charge is 2.25. The van der Waals surface area contributed by atoms with Crippen molar-refractivity contribution >= 4 is 17.6 Å². The van der Waals surface area contributed by atoms with E-state index in [2.05, 4.69) is 16.7 Å². The van der Waals surface area contributed by atoms with Gasteiger partial charge in [0.1, 0.15) is 5.82 Å². The van der Waals surface area contributed by atoms with Crippen molar-refractivity contribution in [3.05, 3.63) is 35.1 Å². The lowest BCUT2D eigenvalue weighted by molar-refractivity contribution is 0.318. The molecular weight excluding hydrogens is 277 g/mol. The SMILES string of the molecule is CSC1CCCC1NCc1ccc(/C(N)=N/O)cc1F. The number of halogens is 1. The molecule has 4 N–H and O–H groups in total. The summed E-state index contributed by atoms with van der Waals surface area (Å²) in [4.78, 5) is 0. The molecule has 0 aromatic heterocycles. The highest BCUT2D eigenvalue weighted by molar-refractivity contribution is 7.99. The fourth-order valence-corrected chi connectivity index (χ4v) is 3.55. The molecule has 1 fully saturated rings. The zero-order valence-corrected chi connectivity index (χ0v) is 12.3. The zero-order valence-electron chi connectivity index (χ0n) is 11.5. The van der Waals surface area contributed by atoms with E-state index in [1.165, 1.54) is 18.9 Å². The van der Waals surface area contributed by atoms with E-state index in [0.29, 0.717) is 29.0 Å². The Kier molecular flexibility index (Phi) is 5.25. The van der Waals surface area contributed by atoms with Gasteiger partial charge in [0.25, 0.3) is 0 Å². The molecule has 0 aliphatic heterocycles. The molecule has 4 nitrogen and oxygen atoms in total. The molecule has 1 aliphatic carbocycles. The number of hydrogen-bond acceptors (Lipinski definition) is 4. The second-order valence-corrected chi connectivity index (χ2v) is 6.06. The molecule has 0 amide bonds. The summed E-state index contributed by atoms with van der Waals surface area (Å²) in [5.74, 6) is -0.415. The number of oxime groups is 1. The van der Waals surface area contributed by atoms with Gasteiger partial charge in [-0.2, -0.15) is 11.8 Å². The second kappa shape index (κ2) is 6.95. The molecule has 0 bridgehead atoms. The van der Waals surface area contributed by atoms with Gasteiger partial charge >= 0.3 is 0 Å². The van der Waals surface area contributed by atoms with E-state index in [1.807, 2.05) is 11.8 Å². The van der Waals surface area contributed by atoms with Crippen LogP contribution in [0, 0.1) is 5.82 Å². The summed E-state index contributed by atoms with van der Waals surface area (Å²) in [7, 11) is 0. The predicted octanol–water partition coefficient (Wildman–Crippen LogP) is 2.29. The van der Waals surface area contributed by atoms with E-state index in [-0.39, 0.29) is 11.7 Å². The van der Waals surface area contributed by atoms with Crippen LogP contribution in [0.25, 0.3) is 0 Å². The molecule has 0 heterocycles. The van der Waals surface area contributed by atoms with Crippen molar-refractivity contribution in [1.82, 2.24) is 5.32 Å². The van der Waals surface area contributed by atoms with Gasteiger partial charge in [-0.3, -0.25) is 0 Å². The Bertz CT molecular complexity index is 495. The van der Waals surface area contributed by atoms with Gasteiger partial charge < -0.3 is 16.3 Å². The molecule has 1 aliphatic rings. The standard InChI is InChI=1S/C14H20FN3OS/c1-20-13-4-2-3-12(13)17-8-10-6-5-9(7-11(10)15)14(16)18-19/h5-7,12-13,17,19H,2-4,8H2,1H3,(H2,16,18). The molecule has 6 heteroatoms. The third-order valence-electron chi connectivity index (χ3n) is 3.77. The van der Waals surface area contributed by atoms with E-state index < -0.39 is 0 Å². The molecule has 0 spiro atoms. The second-order valence-electron chi connectivity index (χ2n) is 4.98. The van der Waals surface area contributed by atoms with Crippen LogP contribution < -0.4 is 11.1 Å². The summed E-state index contributed by atoms with van der Waals surface area (Å²) in [5, 5.41) is 15.5. The van der Waals surface area contributed by atoms with E-state index >= 15 is 0 Å². The average molecular weight is 297 g/mol. The fraction of sp³-hybridized carbons (Fsp3) is 0.500. The van der Waals surface area contributed by atoms with Crippen LogP contribution in [-0.4, -0.2) is 28.6 Å². The van der Waals surface area contributed by atoms with E-state index in [9.17, 15) is 4.39 Å². The zero-order chi connectivity index (χ0) is 14.5. The Morgan fingerprint density at radius 3 is 3.00 bits per heavy atom. The summed E-state index contributed by atoms with van der Waals surface area (Å²) in [6, 6.07) is 5.09. The molecule has 20 heavy (non-hydrogen) atoms. The van der Waals surface area contributed by atoms with E-state index in [4.69, 9.17) is 10.9 Å². The maximum absolute atomic E-state index is 14.0. The van der Waals surface area contributed by atoms with Gasteiger partial charge in [-0.1, -0.05) is 23.7 Å².